The van der Waals surface area contributed by atoms with Gasteiger partial charge in [-0.25, -0.2) is 29.1 Å². The van der Waals surface area contributed by atoms with Gasteiger partial charge in [0.1, 0.15) is 24.4 Å². The van der Waals surface area contributed by atoms with Crippen molar-refractivity contribution in [3.05, 3.63) is 137 Å². The number of primary amides is 1. The summed E-state index contributed by atoms with van der Waals surface area (Å²) in [5.74, 6) is -2.01. The molecule has 10 N–H and O–H groups in total. The number of carbonyl (C=O) groups excluding carboxylic acids is 8. The molecule has 9 rings (SSSR count). The molecule has 26 heteroatoms. The van der Waals surface area contributed by atoms with Crippen LogP contribution in [0.2, 0.25) is 0 Å². The molecule has 4 heterocycles. The Kier molecular flexibility index (Phi) is 24.1. The molecule has 5 atom stereocenters. The molecule has 2 fully saturated rings. The van der Waals surface area contributed by atoms with Crippen LogP contribution in [0.25, 0.3) is 37.8 Å². The number of allylic oxidation sites excluding steroid dienone is 3. The highest BCUT2D eigenvalue weighted by atomic mass is 32.1. The van der Waals surface area contributed by atoms with Crippen molar-refractivity contribution in [3.8, 4) is 11.3 Å². The third-order valence-electron chi connectivity index (χ3n) is 19.3. The number of carboxylic acid groups (broad SMARTS) is 1. The number of hydrogen-bond donors (Lipinski definition) is 9. The fraction of sp³-hybridized carbons (Fsp3) is 0.440. The van der Waals surface area contributed by atoms with Gasteiger partial charge in [0.25, 0.3) is 11.8 Å². The number of nitrogens with zero attached hydrogens (tertiary/aromatic N) is 6. The number of fused-ring (bicyclic) bond motifs is 4. The van der Waals surface area contributed by atoms with Crippen molar-refractivity contribution >= 4 is 109 Å². The SMILES string of the molecule is C/C(NCC1(C)CC2(C)CC(C)(C)CC(N(C)CCN(C)C(=O)OCc3ccc(NC(=O)[C@H](CCCNC(N)=O)NC(=O)C(NC(=O)CCCCCN4C(=O)C=CC4=C=O)C(C)C)cc3)(C1)C2)=C(/C=N)c1ccc(-c2ccc3cncc(C(=O)Nc4nc5ccccc5s4)c3c2)nc1C(=O)O. The van der Waals surface area contributed by atoms with Gasteiger partial charge in [0.05, 0.1) is 21.5 Å². The average molecular weight is 1400 g/mol. The smallest absolute Gasteiger partial charge is 0.409 e. The number of thiazole rings is 1. The first-order valence-electron chi connectivity index (χ1n) is 34.1. The van der Waals surface area contributed by atoms with E-state index in [1.54, 1.807) is 80.4 Å². The molecule has 3 aromatic carbocycles. The monoisotopic (exact) mass is 1400 g/mol. The number of para-hydroxylation sites is 1. The Labute approximate surface area is 592 Å². The van der Waals surface area contributed by atoms with Crippen LogP contribution < -0.4 is 37.6 Å². The minimum Gasteiger partial charge on any atom is -0.476 e. The largest absolute Gasteiger partial charge is 0.476 e. The van der Waals surface area contributed by atoms with Crippen LogP contribution in [0.4, 0.5) is 20.4 Å². The summed E-state index contributed by atoms with van der Waals surface area (Å²) in [7, 11) is 3.85. The van der Waals surface area contributed by atoms with Crippen molar-refractivity contribution in [2.75, 3.05) is 57.5 Å². The van der Waals surface area contributed by atoms with Gasteiger partial charge in [0.15, 0.2) is 16.8 Å². The normalized spacial score (nSPS) is 19.2. The van der Waals surface area contributed by atoms with Crippen molar-refractivity contribution < 1.29 is 53.0 Å². The first-order chi connectivity index (χ1) is 48.0. The van der Waals surface area contributed by atoms with Gasteiger partial charge >= 0.3 is 18.1 Å². The first-order valence-corrected chi connectivity index (χ1v) is 34.9. The number of hydrogen-bond acceptors (Lipinski definition) is 17. The summed E-state index contributed by atoms with van der Waals surface area (Å²) < 4.78 is 6.74. The van der Waals surface area contributed by atoms with Crippen LogP contribution in [0.5, 0.6) is 0 Å². The molecule has 2 saturated carbocycles. The molecule has 1 aliphatic heterocycles. The van der Waals surface area contributed by atoms with Crippen LogP contribution in [0.15, 0.2) is 115 Å². The molecule has 2 bridgehead atoms. The summed E-state index contributed by atoms with van der Waals surface area (Å²) in [5.41, 5.74) is 9.14. The molecular formula is C75H92N14O11S. The highest BCUT2D eigenvalue weighted by Gasteiger charge is 2.58. The van der Waals surface area contributed by atoms with Crippen LogP contribution in [0, 0.1) is 27.6 Å². The van der Waals surface area contributed by atoms with E-state index in [-0.39, 0.29) is 88.9 Å². The second kappa shape index (κ2) is 32.4. The van der Waals surface area contributed by atoms with Gasteiger partial charge < -0.3 is 52.5 Å². The Morgan fingerprint density at radius 1 is 0.832 bits per heavy atom. The number of nitrogens with one attached hydrogen (secondary N) is 7. The van der Waals surface area contributed by atoms with Gasteiger partial charge in [-0.05, 0) is 153 Å². The number of aromatic carboxylic acids is 1. The Hall–Kier alpha value is -10.2. The van der Waals surface area contributed by atoms with Gasteiger partial charge in [-0.15, -0.1) is 0 Å². The highest BCUT2D eigenvalue weighted by Crippen LogP contribution is 2.63. The molecular weight excluding hydrogens is 1300 g/mol. The standard InChI is InChI=1S/C75H92N14O11S/c1-46(2)63(85-61(91)19-11-10-14-31-89-52(38-90)26-29-62(89)92)67(95)83-59(17-15-30-79-69(77)98)66(94)81-51-24-20-48(21-25-51)39-100-71(99)87(8)32-33-88(9)75-41-72(4,5)40-73(6,43-75)42-74(7,44-75)45-80-47(3)55(35-76)53-27-28-57(82-64(53)68(96)97)49-22-23-50-36-78-37-56(54(50)34-49)65(93)86-70-84-58-16-12-13-18-60(58)101-70/h12-13,16,18,20-29,34-37,46,59,63,76,80H,10-11,14-15,17,19,30-33,39-45H2,1-9H3,(H,81,94)(H,83,95)(H,85,91)(H,96,97)(H3,77,79,98)(H,84,86,93)/b55-47+,76-35?/t59-,63?,73?,74?,75?/m0/s1. The van der Waals surface area contributed by atoms with Crippen LogP contribution in [-0.2, 0) is 35.3 Å². The van der Waals surface area contributed by atoms with E-state index in [4.69, 9.17) is 15.9 Å². The second-order valence-electron chi connectivity index (χ2n) is 28.9. The second-order valence-corrected chi connectivity index (χ2v) is 29.9. The van der Waals surface area contributed by atoms with E-state index in [1.807, 2.05) is 43.3 Å². The number of pyridine rings is 2. The van der Waals surface area contributed by atoms with Gasteiger partial charge in [-0.2, -0.15) is 0 Å². The zero-order valence-corrected chi connectivity index (χ0v) is 59.7. The molecule has 0 radical (unpaired) electrons. The summed E-state index contributed by atoms with van der Waals surface area (Å²) >= 11 is 1.37. The number of ether oxygens (including phenoxy) is 1. The number of aromatic nitrogens is 3. The lowest BCUT2D eigenvalue weighted by Crippen LogP contribution is -2.63. The van der Waals surface area contributed by atoms with Gasteiger partial charge in [0, 0.05) is 110 Å². The van der Waals surface area contributed by atoms with E-state index in [0.717, 1.165) is 48.5 Å². The maximum absolute atomic E-state index is 13.9. The van der Waals surface area contributed by atoms with Gasteiger partial charge in [-0.3, -0.25) is 44.1 Å². The number of carboxylic acids is 1. The number of rotatable bonds is 31. The molecule has 8 amide bonds. The highest BCUT2D eigenvalue weighted by molar-refractivity contribution is 7.22. The molecule has 3 aliphatic rings. The summed E-state index contributed by atoms with van der Waals surface area (Å²) in [6.07, 6.45) is 13.3. The van der Waals surface area contributed by atoms with E-state index in [1.165, 1.54) is 34.6 Å². The maximum atomic E-state index is 13.9. The Morgan fingerprint density at radius 2 is 1.59 bits per heavy atom. The van der Waals surface area contributed by atoms with Crippen molar-refractivity contribution in [2.45, 2.75) is 143 Å². The van der Waals surface area contributed by atoms with E-state index in [9.17, 15) is 48.3 Å². The predicted octanol–water partition coefficient (Wildman–Crippen LogP) is 10.5. The number of unbranched alkanes of at least 4 members (excludes halogenated alkanes) is 2. The summed E-state index contributed by atoms with van der Waals surface area (Å²) in [6.45, 7) is 16.6. The molecule has 0 spiro atoms. The number of carbonyl (C=O) groups is 8. The number of benzene rings is 3. The number of urea groups is 1. The van der Waals surface area contributed by atoms with Gasteiger partial charge in [-0.1, -0.05) is 95.7 Å². The number of likely N-dealkylation sites (N-methyl/N-ethyl adjacent to an activating group) is 2. The number of nitrogens with two attached hydrogens (primary N) is 1. The average Bonchev–Trinajstić information content (AvgIpc) is 1.17. The zero-order valence-electron chi connectivity index (χ0n) is 58.8. The quantitative estimate of drug-likeness (QED) is 0.0111. The van der Waals surface area contributed by atoms with E-state index < -0.39 is 47.9 Å². The molecule has 6 aromatic rings. The minimum absolute atomic E-state index is 0.0255. The zero-order chi connectivity index (χ0) is 73.0. The molecule has 4 unspecified atom stereocenters. The molecule has 3 aromatic heterocycles. The fourth-order valence-corrected chi connectivity index (χ4v) is 16.1. The molecule has 101 heavy (non-hydrogen) atoms. The van der Waals surface area contributed by atoms with Crippen molar-refractivity contribution in [3.63, 3.8) is 0 Å². The topological polar surface area (TPSA) is 354 Å². The van der Waals surface area contributed by atoms with Crippen molar-refractivity contribution in [1.29, 1.82) is 5.41 Å². The third kappa shape index (κ3) is 19.0. The Balaban J connectivity index is 0.785. The van der Waals surface area contributed by atoms with Gasteiger partial charge in [0.2, 0.25) is 17.7 Å². The number of anilines is 2. The number of amides is 8. The molecule has 534 valence electrons. The summed E-state index contributed by atoms with van der Waals surface area (Å²) in [6, 6.07) is 20.4. The fourth-order valence-electron chi connectivity index (χ4n) is 15.2. The van der Waals surface area contributed by atoms with Crippen LogP contribution >= 0.6 is 11.3 Å². The first kappa shape index (κ1) is 75.0. The lowest BCUT2D eigenvalue weighted by Gasteiger charge is -2.64. The van der Waals surface area contributed by atoms with Crippen LogP contribution in [0.1, 0.15) is 151 Å². The van der Waals surface area contributed by atoms with Crippen LogP contribution in [0.3, 0.4) is 0 Å². The Bertz CT molecular complexity index is 4220. The van der Waals surface area contributed by atoms with Crippen LogP contribution in [-0.4, -0.2) is 159 Å². The summed E-state index contributed by atoms with van der Waals surface area (Å²) in [4.78, 5) is 135. The molecule has 25 nitrogen and oxygen atoms in total. The predicted molar refractivity (Wildman–Crippen MR) is 389 cm³/mol. The maximum Gasteiger partial charge on any atom is 0.409 e. The Morgan fingerprint density at radius 3 is 2.31 bits per heavy atom. The van der Waals surface area contributed by atoms with E-state index in [2.05, 4.69) is 86.5 Å². The third-order valence-corrected chi connectivity index (χ3v) is 20.2. The van der Waals surface area contributed by atoms with Crippen molar-refractivity contribution in [1.82, 2.24) is 50.9 Å². The van der Waals surface area contributed by atoms with E-state index >= 15 is 0 Å². The minimum atomic E-state index is -1.26. The summed E-state index contributed by atoms with van der Waals surface area (Å²) in [5, 5.41) is 38.6. The lowest BCUT2D eigenvalue weighted by atomic mass is 9.46. The van der Waals surface area contributed by atoms with E-state index in [0.29, 0.717) is 101 Å². The molecule has 0 saturated heterocycles. The molecule has 2 aliphatic carbocycles. The van der Waals surface area contributed by atoms with Crippen molar-refractivity contribution in [2.24, 2.45) is 27.9 Å². The lowest BCUT2D eigenvalue weighted by molar-refractivity contribution is -0.132.